The number of carbonyl (C=O) groups is 2. The number of ether oxygens (including phenoxy) is 2. The lowest BCUT2D eigenvalue weighted by atomic mass is 9.85. The Hall–Kier alpha value is -1.36. The normalized spacial score (nSPS) is 21.5. The van der Waals surface area contributed by atoms with Gasteiger partial charge in [-0.15, -0.1) is 0 Å². The quantitative estimate of drug-likeness (QED) is 0.338. The predicted octanol–water partition coefficient (Wildman–Crippen LogP) is 3.89. The number of carbonyl (C=O) groups excluding carboxylic acids is 2. The van der Waals surface area contributed by atoms with E-state index >= 15 is 0 Å². The van der Waals surface area contributed by atoms with Gasteiger partial charge in [-0.3, -0.25) is 9.59 Å². The van der Waals surface area contributed by atoms with Gasteiger partial charge in [-0.05, 0) is 23.8 Å². The molecule has 0 spiro atoms. The first-order chi connectivity index (χ1) is 10.4. The number of esters is 2. The van der Waals surface area contributed by atoms with Gasteiger partial charge in [-0.2, -0.15) is 0 Å². The molecular formula is C18H30O4Si. The van der Waals surface area contributed by atoms with Gasteiger partial charge in [0.2, 0.25) is 0 Å². The molecule has 0 aromatic heterocycles. The summed E-state index contributed by atoms with van der Waals surface area (Å²) in [6.45, 7) is 15.5. The maximum atomic E-state index is 12.2. The second kappa shape index (κ2) is 6.63. The third-order valence-electron chi connectivity index (χ3n) is 5.45. The van der Waals surface area contributed by atoms with Crippen molar-refractivity contribution in [3.05, 3.63) is 23.9 Å². The van der Waals surface area contributed by atoms with Crippen LogP contribution < -0.4 is 0 Å². The van der Waals surface area contributed by atoms with E-state index in [1.165, 1.54) is 14.2 Å². The minimum Gasteiger partial charge on any atom is -0.468 e. The number of hydrogen-bond acceptors (Lipinski definition) is 4. The first kappa shape index (κ1) is 19.7. The summed E-state index contributed by atoms with van der Waals surface area (Å²) in [5, 5.41) is 0.241. The van der Waals surface area contributed by atoms with Crippen LogP contribution >= 0.6 is 0 Å². The van der Waals surface area contributed by atoms with Gasteiger partial charge in [0.25, 0.3) is 0 Å². The van der Waals surface area contributed by atoms with Crippen molar-refractivity contribution in [3.63, 3.8) is 0 Å². The molecule has 0 radical (unpaired) electrons. The van der Waals surface area contributed by atoms with Crippen LogP contribution in [0, 0.1) is 11.3 Å². The van der Waals surface area contributed by atoms with E-state index in [2.05, 4.69) is 52.2 Å². The zero-order chi connectivity index (χ0) is 18.1. The van der Waals surface area contributed by atoms with Crippen LogP contribution in [0.25, 0.3) is 0 Å². The molecule has 0 aromatic carbocycles. The lowest BCUT2D eigenvalue weighted by Gasteiger charge is -2.34. The van der Waals surface area contributed by atoms with Crippen molar-refractivity contribution in [3.8, 4) is 0 Å². The molecule has 23 heavy (non-hydrogen) atoms. The highest BCUT2D eigenvalue weighted by atomic mass is 28.3. The maximum Gasteiger partial charge on any atom is 0.323 e. The Morgan fingerprint density at radius 3 is 2.09 bits per heavy atom. The van der Waals surface area contributed by atoms with Crippen molar-refractivity contribution in [1.29, 1.82) is 0 Å². The first-order valence-corrected chi connectivity index (χ1v) is 11.0. The average Bonchev–Trinajstić information content (AvgIpc) is 2.80. The minimum atomic E-state index is -1.57. The zero-order valence-corrected chi connectivity index (χ0v) is 16.5. The molecule has 0 heterocycles. The van der Waals surface area contributed by atoms with Gasteiger partial charge in [0.1, 0.15) is 0 Å². The Morgan fingerprint density at radius 1 is 1.22 bits per heavy atom. The molecule has 4 nitrogen and oxygen atoms in total. The van der Waals surface area contributed by atoms with E-state index in [-0.39, 0.29) is 11.0 Å². The largest absolute Gasteiger partial charge is 0.468 e. The van der Waals surface area contributed by atoms with Crippen LogP contribution in [0.5, 0.6) is 0 Å². The first-order valence-electron chi connectivity index (χ1n) is 7.95. The molecule has 1 aliphatic rings. The third-order valence-corrected chi connectivity index (χ3v) is 10.3. The second-order valence-corrected chi connectivity index (χ2v) is 13.3. The van der Waals surface area contributed by atoms with Gasteiger partial charge in [-0.1, -0.05) is 57.8 Å². The van der Waals surface area contributed by atoms with Crippen molar-refractivity contribution in [1.82, 2.24) is 0 Å². The molecule has 1 saturated carbocycles. The summed E-state index contributed by atoms with van der Waals surface area (Å²) in [5.74, 6) is -1.07. The van der Waals surface area contributed by atoms with Crippen LogP contribution in [-0.4, -0.2) is 34.2 Å². The number of methoxy groups -OCH3 is 2. The Balaban J connectivity index is 3.08. The fourth-order valence-electron chi connectivity index (χ4n) is 2.71. The van der Waals surface area contributed by atoms with Gasteiger partial charge in [0.05, 0.1) is 22.3 Å². The van der Waals surface area contributed by atoms with E-state index in [0.29, 0.717) is 12.8 Å². The van der Waals surface area contributed by atoms with Gasteiger partial charge >= 0.3 is 11.9 Å². The van der Waals surface area contributed by atoms with Crippen molar-refractivity contribution >= 4 is 20.0 Å². The smallest absolute Gasteiger partial charge is 0.323 e. The highest BCUT2D eigenvalue weighted by Gasteiger charge is 2.54. The minimum absolute atomic E-state index is 0.00215. The summed E-state index contributed by atoms with van der Waals surface area (Å²) >= 11 is 0. The van der Waals surface area contributed by atoms with Gasteiger partial charge < -0.3 is 9.47 Å². The highest BCUT2D eigenvalue weighted by Crippen LogP contribution is 2.47. The van der Waals surface area contributed by atoms with Crippen molar-refractivity contribution in [2.24, 2.45) is 11.3 Å². The van der Waals surface area contributed by atoms with Crippen molar-refractivity contribution in [2.45, 2.75) is 51.7 Å². The van der Waals surface area contributed by atoms with Gasteiger partial charge in [-0.25, -0.2) is 0 Å². The van der Waals surface area contributed by atoms with E-state index in [1.807, 2.05) is 0 Å². The maximum absolute atomic E-state index is 12.2. The van der Waals surface area contributed by atoms with E-state index in [4.69, 9.17) is 9.47 Å². The Bertz CT molecular complexity index is 510. The molecule has 0 aromatic rings. The molecule has 130 valence electrons. The number of hydrogen-bond donors (Lipinski definition) is 0. The summed E-state index contributed by atoms with van der Waals surface area (Å²) in [7, 11) is 1.03. The van der Waals surface area contributed by atoms with Crippen LogP contribution in [0.15, 0.2) is 23.9 Å². The van der Waals surface area contributed by atoms with Crippen LogP contribution in [0.3, 0.4) is 0 Å². The summed E-state index contributed by atoms with van der Waals surface area (Å²) in [6.07, 6.45) is 2.79. The predicted molar refractivity (Wildman–Crippen MR) is 94.7 cm³/mol. The van der Waals surface area contributed by atoms with Crippen molar-refractivity contribution in [2.75, 3.05) is 14.2 Å². The van der Waals surface area contributed by atoms with Crippen LogP contribution in [0.2, 0.25) is 18.1 Å². The molecule has 1 unspecified atom stereocenters. The molecule has 1 fully saturated rings. The van der Waals surface area contributed by atoms with E-state index in [0.717, 1.165) is 5.57 Å². The molecule has 1 atom stereocenters. The van der Waals surface area contributed by atoms with Gasteiger partial charge in [0, 0.05) is 0 Å². The molecular weight excluding hydrogens is 308 g/mol. The molecule has 0 aliphatic heterocycles. The van der Waals surface area contributed by atoms with E-state index in [9.17, 15) is 9.59 Å². The molecule has 0 amide bonds. The standard InChI is InChI=1S/C18H30O4Si/c1-13-11-18(15(19)21-5,16(20)22-6)12-14(13)9-10-23(7,8)17(2,3)4/h9-10,14H,1,11-12H2,2-8H3/b10-9+. The Kier molecular flexibility index (Phi) is 5.68. The van der Waals surface area contributed by atoms with E-state index < -0.39 is 25.4 Å². The summed E-state index contributed by atoms with van der Waals surface area (Å²) in [5.41, 5.74) is 1.94. The molecule has 1 rings (SSSR count). The van der Waals surface area contributed by atoms with E-state index in [1.54, 1.807) is 0 Å². The zero-order valence-electron chi connectivity index (χ0n) is 15.5. The molecule has 1 aliphatic carbocycles. The number of allylic oxidation sites excluding steroid dienone is 2. The van der Waals surface area contributed by atoms with Gasteiger partial charge in [0.15, 0.2) is 5.41 Å². The lowest BCUT2D eigenvalue weighted by Crippen LogP contribution is -2.39. The highest BCUT2D eigenvalue weighted by molar-refractivity contribution is 6.84. The second-order valence-electron chi connectivity index (χ2n) is 8.04. The molecule has 0 N–H and O–H groups in total. The topological polar surface area (TPSA) is 52.6 Å². The number of rotatable bonds is 4. The third kappa shape index (κ3) is 3.76. The van der Waals surface area contributed by atoms with Crippen LogP contribution in [-0.2, 0) is 19.1 Å². The Labute approximate surface area is 140 Å². The summed E-state index contributed by atoms with van der Waals surface area (Å²) < 4.78 is 9.72. The van der Waals surface area contributed by atoms with Crippen LogP contribution in [0.4, 0.5) is 0 Å². The van der Waals surface area contributed by atoms with Crippen LogP contribution in [0.1, 0.15) is 33.6 Å². The fraction of sp³-hybridized carbons (Fsp3) is 0.667. The Morgan fingerprint density at radius 2 is 1.70 bits per heavy atom. The molecule has 5 heteroatoms. The molecule has 0 saturated heterocycles. The summed E-state index contributed by atoms with van der Waals surface area (Å²) in [4.78, 5) is 24.4. The lowest BCUT2D eigenvalue weighted by molar-refractivity contribution is -0.168. The monoisotopic (exact) mass is 338 g/mol. The van der Waals surface area contributed by atoms with Crippen molar-refractivity contribution < 1.29 is 19.1 Å². The fourth-order valence-corrected chi connectivity index (χ4v) is 3.92. The average molecular weight is 339 g/mol. The molecule has 0 bridgehead atoms. The summed E-state index contributed by atoms with van der Waals surface area (Å²) in [6, 6.07) is 0. The SMILES string of the molecule is C=C1CC(C(=O)OC)(C(=O)OC)CC1/C=C/[Si](C)(C)C(C)(C)C.